The van der Waals surface area contributed by atoms with Crippen LogP contribution < -0.4 is 9.47 Å². The summed E-state index contributed by atoms with van der Waals surface area (Å²) in [4.78, 5) is 13.8. The van der Waals surface area contributed by atoms with Crippen LogP contribution in [-0.2, 0) is 0 Å². The molecule has 0 amide bonds. The maximum atomic E-state index is 13.8. The first-order valence-electron chi connectivity index (χ1n) is 10.1. The van der Waals surface area contributed by atoms with Crippen LogP contribution in [-0.4, -0.2) is 30.2 Å². The Labute approximate surface area is 185 Å². The smallest absolute Gasteiger partial charge is 0.197 e. The zero-order valence-electron chi connectivity index (χ0n) is 18.6. The van der Waals surface area contributed by atoms with Crippen molar-refractivity contribution in [2.24, 2.45) is 0 Å². The number of carbonyl (C=O) groups excluding carboxylic acids is 1. The van der Waals surface area contributed by atoms with Gasteiger partial charge in [-0.2, -0.15) is 0 Å². The molecular weight excluding hydrogens is 408 g/mol. The van der Waals surface area contributed by atoms with Crippen LogP contribution in [0.5, 0.6) is 23.0 Å². The van der Waals surface area contributed by atoms with Crippen LogP contribution >= 0.6 is 0 Å². The number of hydrogen-bond donors (Lipinski definition) is 2. The number of phenolic OH excluding ortho intramolecular Hbond substituents is 2. The number of hydrogen-bond acceptors (Lipinski definition) is 6. The molecule has 0 aliphatic carbocycles. The van der Waals surface area contributed by atoms with E-state index in [-0.39, 0.29) is 28.6 Å². The molecule has 0 aliphatic rings. The van der Waals surface area contributed by atoms with Crippen LogP contribution in [0.1, 0.15) is 32.6 Å². The van der Waals surface area contributed by atoms with E-state index in [2.05, 4.69) is 0 Å². The molecule has 6 nitrogen and oxygen atoms in total. The number of furan rings is 1. The molecule has 4 rings (SSSR count). The van der Waals surface area contributed by atoms with Gasteiger partial charge in [-0.25, -0.2) is 0 Å². The van der Waals surface area contributed by atoms with Crippen molar-refractivity contribution in [2.45, 2.75) is 20.8 Å². The highest BCUT2D eigenvalue weighted by Gasteiger charge is 2.26. The number of methoxy groups -OCH3 is 2. The number of aromatic hydroxyl groups is 2. The summed E-state index contributed by atoms with van der Waals surface area (Å²) in [5.74, 6) is 0.772. The predicted octanol–water partition coefficient (Wildman–Crippen LogP) is 5.68. The first kappa shape index (κ1) is 21.3. The molecule has 2 N–H and O–H groups in total. The van der Waals surface area contributed by atoms with Crippen LogP contribution in [0.15, 0.2) is 46.9 Å². The lowest BCUT2D eigenvalue weighted by molar-refractivity contribution is 0.104. The van der Waals surface area contributed by atoms with Crippen molar-refractivity contribution in [1.29, 1.82) is 0 Å². The van der Waals surface area contributed by atoms with Gasteiger partial charge in [-0.15, -0.1) is 0 Å². The number of ether oxygens (including phenoxy) is 2. The van der Waals surface area contributed by atoms with Gasteiger partial charge in [0.15, 0.2) is 28.6 Å². The lowest BCUT2D eigenvalue weighted by atomic mass is 9.94. The Balaban J connectivity index is 2.01. The Morgan fingerprint density at radius 3 is 2.25 bits per heavy atom. The van der Waals surface area contributed by atoms with E-state index in [0.717, 1.165) is 11.1 Å². The van der Waals surface area contributed by atoms with Crippen LogP contribution in [0.25, 0.3) is 22.3 Å². The van der Waals surface area contributed by atoms with E-state index in [1.807, 2.05) is 19.9 Å². The highest BCUT2D eigenvalue weighted by atomic mass is 16.5. The fraction of sp³-hybridized carbons (Fsp3) is 0.192. The first-order chi connectivity index (χ1) is 15.3. The highest BCUT2D eigenvalue weighted by molar-refractivity contribution is 6.20. The molecule has 0 unspecified atom stereocenters. The second kappa shape index (κ2) is 7.96. The second-order valence-corrected chi connectivity index (χ2v) is 7.75. The lowest BCUT2D eigenvalue weighted by Crippen LogP contribution is -2.04. The maximum absolute atomic E-state index is 13.8. The molecule has 4 aromatic rings. The second-order valence-electron chi connectivity index (χ2n) is 7.75. The Morgan fingerprint density at radius 1 is 0.875 bits per heavy atom. The molecule has 0 saturated heterocycles. The van der Waals surface area contributed by atoms with Crippen molar-refractivity contribution < 1.29 is 28.9 Å². The molecule has 164 valence electrons. The zero-order chi connectivity index (χ0) is 23.2. The number of rotatable bonds is 5. The summed E-state index contributed by atoms with van der Waals surface area (Å²) in [5.41, 5.74) is 3.93. The molecule has 32 heavy (non-hydrogen) atoms. The number of carbonyl (C=O) groups is 1. The molecule has 0 radical (unpaired) electrons. The van der Waals surface area contributed by atoms with Gasteiger partial charge in [-0.1, -0.05) is 6.07 Å². The number of phenols is 2. The summed E-state index contributed by atoms with van der Waals surface area (Å²) in [5, 5.41) is 21.4. The van der Waals surface area contributed by atoms with Crippen LogP contribution in [0.3, 0.4) is 0 Å². The van der Waals surface area contributed by atoms with Crippen LogP contribution in [0.4, 0.5) is 0 Å². The van der Waals surface area contributed by atoms with Gasteiger partial charge < -0.3 is 24.1 Å². The third-order valence-electron chi connectivity index (χ3n) is 5.80. The standard InChI is InChI=1S/C26H24O6/c1-13-6-8-18-22(24(29)17-10-14(2)15(3)21(12-17)31-5)25(32-26(18)23(13)28)16-7-9-20(30-4)19(27)11-16/h6-12,27-28H,1-5H3. The minimum Gasteiger partial charge on any atom is -0.504 e. The molecular formula is C26H24O6. The summed E-state index contributed by atoms with van der Waals surface area (Å²) in [6.45, 7) is 5.60. The monoisotopic (exact) mass is 432 g/mol. The molecule has 0 atom stereocenters. The third kappa shape index (κ3) is 3.34. The maximum Gasteiger partial charge on any atom is 0.197 e. The van der Waals surface area contributed by atoms with Gasteiger partial charge >= 0.3 is 0 Å². The van der Waals surface area contributed by atoms with Gasteiger partial charge in [0.25, 0.3) is 0 Å². The van der Waals surface area contributed by atoms with Crippen LogP contribution in [0, 0.1) is 20.8 Å². The van der Waals surface area contributed by atoms with Crippen molar-refractivity contribution >= 4 is 16.8 Å². The molecule has 3 aromatic carbocycles. The number of benzene rings is 3. The van der Waals surface area contributed by atoms with Crippen molar-refractivity contribution in [3.05, 3.63) is 70.3 Å². The minimum absolute atomic E-state index is 0.0294. The summed E-state index contributed by atoms with van der Waals surface area (Å²) in [6, 6.07) is 11.8. The average Bonchev–Trinajstić information content (AvgIpc) is 3.17. The fourth-order valence-corrected chi connectivity index (χ4v) is 3.82. The van der Waals surface area contributed by atoms with Crippen molar-refractivity contribution in [3.8, 4) is 34.3 Å². The largest absolute Gasteiger partial charge is 0.504 e. The number of ketones is 1. The van der Waals surface area contributed by atoms with E-state index in [1.54, 1.807) is 44.4 Å². The fourth-order valence-electron chi connectivity index (χ4n) is 3.82. The summed E-state index contributed by atoms with van der Waals surface area (Å²) in [7, 11) is 3.02. The van der Waals surface area contributed by atoms with Gasteiger partial charge in [0.2, 0.25) is 0 Å². The Bertz CT molecular complexity index is 1360. The topological polar surface area (TPSA) is 89.1 Å². The Hall–Kier alpha value is -3.93. The van der Waals surface area contributed by atoms with Gasteiger partial charge in [-0.05, 0) is 73.9 Å². The number of aryl methyl sites for hydroxylation is 2. The average molecular weight is 432 g/mol. The van der Waals surface area contributed by atoms with E-state index >= 15 is 0 Å². The van der Waals surface area contributed by atoms with E-state index in [4.69, 9.17) is 13.9 Å². The summed E-state index contributed by atoms with van der Waals surface area (Å²) < 4.78 is 16.6. The van der Waals surface area contributed by atoms with E-state index in [0.29, 0.717) is 39.1 Å². The summed E-state index contributed by atoms with van der Waals surface area (Å²) in [6.07, 6.45) is 0. The van der Waals surface area contributed by atoms with E-state index in [1.165, 1.54) is 13.2 Å². The SMILES string of the molecule is COc1ccc(-c2oc3c(O)c(C)ccc3c2C(=O)c2cc(C)c(C)c(OC)c2)cc1O. The van der Waals surface area contributed by atoms with Gasteiger partial charge in [0.1, 0.15) is 11.5 Å². The molecule has 0 saturated carbocycles. The Morgan fingerprint density at radius 2 is 1.59 bits per heavy atom. The summed E-state index contributed by atoms with van der Waals surface area (Å²) >= 11 is 0. The van der Waals surface area contributed by atoms with Crippen molar-refractivity contribution in [1.82, 2.24) is 0 Å². The molecule has 0 fully saturated rings. The van der Waals surface area contributed by atoms with Crippen LogP contribution in [0.2, 0.25) is 0 Å². The first-order valence-corrected chi connectivity index (χ1v) is 10.1. The third-order valence-corrected chi connectivity index (χ3v) is 5.80. The van der Waals surface area contributed by atoms with E-state index < -0.39 is 0 Å². The quantitative estimate of drug-likeness (QED) is 0.394. The van der Waals surface area contributed by atoms with Crippen molar-refractivity contribution in [2.75, 3.05) is 14.2 Å². The van der Waals surface area contributed by atoms with Gasteiger partial charge in [-0.3, -0.25) is 4.79 Å². The molecule has 1 heterocycles. The van der Waals surface area contributed by atoms with Crippen molar-refractivity contribution in [3.63, 3.8) is 0 Å². The highest BCUT2D eigenvalue weighted by Crippen LogP contribution is 2.42. The molecule has 1 aromatic heterocycles. The van der Waals surface area contributed by atoms with E-state index in [9.17, 15) is 15.0 Å². The molecule has 0 aliphatic heterocycles. The van der Waals surface area contributed by atoms with Gasteiger partial charge in [0.05, 0.1) is 19.8 Å². The normalized spacial score (nSPS) is 11.0. The lowest BCUT2D eigenvalue weighted by Gasteiger charge is -2.11. The van der Waals surface area contributed by atoms with Gasteiger partial charge in [0, 0.05) is 16.5 Å². The molecule has 0 spiro atoms. The Kier molecular flexibility index (Phi) is 5.30. The predicted molar refractivity (Wildman–Crippen MR) is 122 cm³/mol. The number of fused-ring (bicyclic) bond motifs is 1. The molecule has 0 bridgehead atoms. The molecule has 6 heteroatoms. The zero-order valence-corrected chi connectivity index (χ0v) is 18.6. The minimum atomic E-state index is -0.279.